The number of nitrogens with one attached hydrogen (secondary N) is 2. The summed E-state index contributed by atoms with van der Waals surface area (Å²) < 4.78 is 5.02. The molecule has 0 aliphatic heterocycles. The lowest BCUT2D eigenvalue weighted by Gasteiger charge is -2.40. The van der Waals surface area contributed by atoms with Crippen LogP contribution in [0.3, 0.4) is 0 Å². The van der Waals surface area contributed by atoms with E-state index in [-0.39, 0.29) is 11.8 Å². The first-order valence-corrected chi connectivity index (χ1v) is 8.99. The smallest absolute Gasteiger partial charge is 0.230 e. The summed E-state index contributed by atoms with van der Waals surface area (Å²) in [5.74, 6) is 0.0795. The zero-order chi connectivity index (χ0) is 18.5. The van der Waals surface area contributed by atoms with Gasteiger partial charge in [-0.2, -0.15) is 0 Å². The number of methoxy groups -OCH3 is 1. The lowest BCUT2D eigenvalue weighted by molar-refractivity contribution is -0.130. The molecule has 0 aromatic heterocycles. The number of carbonyl (C=O) groups excluding carboxylic acids is 2. The van der Waals surface area contributed by atoms with Crippen LogP contribution in [0.1, 0.15) is 52.0 Å². The Labute approximate surface area is 150 Å². The van der Waals surface area contributed by atoms with Gasteiger partial charge in [-0.3, -0.25) is 9.59 Å². The van der Waals surface area contributed by atoms with Crippen molar-refractivity contribution >= 4 is 17.5 Å². The van der Waals surface area contributed by atoms with E-state index in [2.05, 4.69) is 10.6 Å². The van der Waals surface area contributed by atoms with Gasteiger partial charge in [-0.05, 0) is 37.0 Å². The van der Waals surface area contributed by atoms with Gasteiger partial charge in [0.1, 0.15) is 0 Å². The first-order chi connectivity index (χ1) is 11.8. The van der Waals surface area contributed by atoms with Crippen LogP contribution in [0.4, 0.5) is 5.69 Å². The van der Waals surface area contributed by atoms with Crippen LogP contribution in [-0.4, -0.2) is 32.1 Å². The minimum Gasteiger partial charge on any atom is -0.385 e. The largest absolute Gasteiger partial charge is 0.385 e. The zero-order valence-electron chi connectivity index (χ0n) is 15.8. The molecule has 2 rings (SSSR count). The molecule has 0 spiro atoms. The van der Waals surface area contributed by atoms with Gasteiger partial charge in [0.25, 0.3) is 0 Å². The molecular formula is C20H30N2O3. The fraction of sp³-hybridized carbons (Fsp3) is 0.600. The number of carbonyl (C=O) groups is 2. The van der Waals surface area contributed by atoms with Crippen molar-refractivity contribution in [3.63, 3.8) is 0 Å². The number of hydrogen-bond donors (Lipinski definition) is 2. The van der Waals surface area contributed by atoms with Crippen molar-refractivity contribution in [2.24, 2.45) is 5.41 Å². The van der Waals surface area contributed by atoms with Crippen molar-refractivity contribution in [2.45, 2.75) is 51.9 Å². The van der Waals surface area contributed by atoms with Gasteiger partial charge in [-0.25, -0.2) is 0 Å². The van der Waals surface area contributed by atoms with Gasteiger partial charge < -0.3 is 15.4 Å². The van der Waals surface area contributed by atoms with E-state index in [4.69, 9.17) is 4.74 Å². The van der Waals surface area contributed by atoms with Crippen molar-refractivity contribution in [3.05, 3.63) is 29.8 Å². The highest BCUT2D eigenvalue weighted by molar-refractivity contribution is 5.94. The summed E-state index contributed by atoms with van der Waals surface area (Å²) in [7, 11) is 1.66. The van der Waals surface area contributed by atoms with Crippen LogP contribution in [0.15, 0.2) is 24.3 Å². The standard InChI is InChI=1S/C20H30N2O3/c1-19(2,3)17(23)22-16-9-7-15(8-10-16)20(11-5-12-20)18(24)21-13-6-14-25-4/h7-10H,5-6,11-14H2,1-4H3,(H,21,24)(H,22,23). The zero-order valence-corrected chi connectivity index (χ0v) is 15.8. The summed E-state index contributed by atoms with van der Waals surface area (Å²) in [6.45, 7) is 6.93. The summed E-state index contributed by atoms with van der Waals surface area (Å²) in [6.07, 6.45) is 3.62. The van der Waals surface area contributed by atoms with Crippen molar-refractivity contribution < 1.29 is 14.3 Å². The van der Waals surface area contributed by atoms with Crippen LogP contribution in [0.5, 0.6) is 0 Å². The number of hydrogen-bond acceptors (Lipinski definition) is 3. The Morgan fingerprint density at radius 3 is 2.28 bits per heavy atom. The Morgan fingerprint density at radius 2 is 1.80 bits per heavy atom. The number of rotatable bonds is 7. The maximum atomic E-state index is 12.7. The fourth-order valence-corrected chi connectivity index (χ4v) is 2.96. The monoisotopic (exact) mass is 346 g/mol. The Morgan fingerprint density at radius 1 is 1.16 bits per heavy atom. The van der Waals surface area contributed by atoms with Gasteiger partial charge in [-0.15, -0.1) is 0 Å². The Balaban J connectivity index is 2.03. The van der Waals surface area contributed by atoms with Crippen LogP contribution in [0, 0.1) is 5.41 Å². The molecule has 5 heteroatoms. The van der Waals surface area contributed by atoms with Gasteiger partial charge in [0.2, 0.25) is 11.8 Å². The second-order valence-corrected chi connectivity index (χ2v) is 7.82. The molecule has 0 radical (unpaired) electrons. The molecule has 0 unspecified atom stereocenters. The van der Waals surface area contributed by atoms with Crippen LogP contribution in [0.25, 0.3) is 0 Å². The minimum atomic E-state index is -0.435. The van der Waals surface area contributed by atoms with Gasteiger partial charge in [0.15, 0.2) is 0 Å². The molecule has 138 valence electrons. The fourth-order valence-electron chi connectivity index (χ4n) is 2.96. The predicted molar refractivity (Wildman–Crippen MR) is 99.6 cm³/mol. The highest BCUT2D eigenvalue weighted by Gasteiger charge is 2.45. The molecule has 1 fully saturated rings. The average Bonchev–Trinajstić information content (AvgIpc) is 2.51. The van der Waals surface area contributed by atoms with E-state index < -0.39 is 10.8 Å². The normalized spacial score (nSPS) is 16.0. The molecule has 2 N–H and O–H groups in total. The second-order valence-electron chi connectivity index (χ2n) is 7.82. The van der Waals surface area contributed by atoms with E-state index >= 15 is 0 Å². The van der Waals surface area contributed by atoms with E-state index in [1.807, 2.05) is 45.0 Å². The van der Waals surface area contributed by atoms with Crippen molar-refractivity contribution in [1.29, 1.82) is 0 Å². The molecular weight excluding hydrogens is 316 g/mol. The molecule has 1 aliphatic rings. The first kappa shape index (κ1) is 19.4. The average molecular weight is 346 g/mol. The Hall–Kier alpha value is -1.88. The number of amides is 2. The molecule has 0 bridgehead atoms. The number of anilines is 1. The van der Waals surface area contributed by atoms with Gasteiger partial charge in [0.05, 0.1) is 5.41 Å². The molecule has 1 aromatic rings. The topological polar surface area (TPSA) is 67.4 Å². The van der Waals surface area contributed by atoms with E-state index in [0.29, 0.717) is 13.2 Å². The molecule has 0 atom stereocenters. The molecule has 1 aliphatic carbocycles. The van der Waals surface area contributed by atoms with Crippen LogP contribution < -0.4 is 10.6 Å². The van der Waals surface area contributed by atoms with Crippen molar-refractivity contribution in [3.8, 4) is 0 Å². The highest BCUT2D eigenvalue weighted by atomic mass is 16.5. The summed E-state index contributed by atoms with van der Waals surface area (Å²) in [4.78, 5) is 24.8. The third-order valence-corrected chi connectivity index (χ3v) is 4.83. The first-order valence-electron chi connectivity index (χ1n) is 8.99. The Kier molecular flexibility index (Phi) is 6.22. The molecule has 0 heterocycles. The quantitative estimate of drug-likeness (QED) is 0.745. The molecule has 5 nitrogen and oxygen atoms in total. The number of ether oxygens (including phenoxy) is 1. The van der Waals surface area contributed by atoms with Crippen molar-refractivity contribution in [1.82, 2.24) is 5.32 Å². The predicted octanol–water partition coefficient (Wildman–Crippen LogP) is 3.25. The molecule has 25 heavy (non-hydrogen) atoms. The van der Waals surface area contributed by atoms with Crippen LogP contribution in [0.2, 0.25) is 0 Å². The Bertz CT molecular complexity index is 598. The van der Waals surface area contributed by atoms with E-state index in [9.17, 15) is 9.59 Å². The second kappa shape index (κ2) is 8.00. The summed E-state index contributed by atoms with van der Waals surface area (Å²) >= 11 is 0. The molecule has 0 saturated heterocycles. The number of benzene rings is 1. The van der Waals surface area contributed by atoms with E-state index in [1.54, 1.807) is 7.11 Å². The van der Waals surface area contributed by atoms with Crippen LogP contribution in [-0.2, 0) is 19.7 Å². The summed E-state index contributed by atoms with van der Waals surface area (Å²) in [5.41, 5.74) is 0.936. The minimum absolute atomic E-state index is 0.0190. The van der Waals surface area contributed by atoms with Gasteiger partial charge in [-0.1, -0.05) is 39.3 Å². The lowest BCUT2D eigenvalue weighted by atomic mass is 9.63. The maximum absolute atomic E-state index is 12.7. The van der Waals surface area contributed by atoms with Gasteiger partial charge in [0, 0.05) is 31.4 Å². The van der Waals surface area contributed by atoms with Gasteiger partial charge >= 0.3 is 0 Å². The lowest BCUT2D eigenvalue weighted by Crippen LogP contribution is -2.49. The third kappa shape index (κ3) is 4.60. The highest BCUT2D eigenvalue weighted by Crippen LogP contribution is 2.44. The van der Waals surface area contributed by atoms with Crippen molar-refractivity contribution in [2.75, 3.05) is 25.6 Å². The SMILES string of the molecule is COCCCNC(=O)C1(c2ccc(NC(=O)C(C)(C)C)cc2)CCC1. The maximum Gasteiger partial charge on any atom is 0.230 e. The summed E-state index contributed by atoms with van der Waals surface area (Å²) in [5, 5.41) is 5.96. The summed E-state index contributed by atoms with van der Waals surface area (Å²) in [6, 6.07) is 7.70. The molecule has 1 aromatic carbocycles. The molecule has 1 saturated carbocycles. The van der Waals surface area contributed by atoms with E-state index in [1.165, 1.54) is 0 Å². The van der Waals surface area contributed by atoms with Crippen LogP contribution >= 0.6 is 0 Å². The molecule has 2 amide bonds. The van der Waals surface area contributed by atoms with E-state index in [0.717, 1.165) is 36.9 Å². The third-order valence-electron chi connectivity index (χ3n) is 4.83.